The molecule has 0 saturated heterocycles. The van der Waals surface area contributed by atoms with Gasteiger partial charge in [0.15, 0.2) is 6.10 Å². The molecule has 0 heterocycles. The summed E-state index contributed by atoms with van der Waals surface area (Å²) in [5.74, 6) is 0.253. The van der Waals surface area contributed by atoms with E-state index in [4.69, 9.17) is 27.9 Å². The lowest BCUT2D eigenvalue weighted by Crippen LogP contribution is -2.39. The molecule has 1 aliphatic rings. The Kier molecular flexibility index (Phi) is 5.32. The maximum absolute atomic E-state index is 12.5. The summed E-state index contributed by atoms with van der Waals surface area (Å²) in [6.07, 6.45) is 2.41. The highest BCUT2D eigenvalue weighted by molar-refractivity contribution is 6.34. The molecule has 0 radical (unpaired) electrons. The molecule has 0 unspecified atom stereocenters. The Balaban J connectivity index is 1.68. The highest BCUT2D eigenvalue weighted by atomic mass is 35.5. The fourth-order valence-electron chi connectivity index (χ4n) is 3.00. The predicted octanol–water partition coefficient (Wildman–Crippen LogP) is 4.95. The molecular weight excluding hydrogens is 345 g/mol. The lowest BCUT2D eigenvalue weighted by molar-refractivity contribution is -0.128. The first-order valence-corrected chi connectivity index (χ1v) is 8.80. The molecule has 0 bridgehead atoms. The van der Waals surface area contributed by atoms with E-state index in [0.29, 0.717) is 15.8 Å². The predicted molar refractivity (Wildman–Crippen MR) is 96.8 cm³/mol. The average Bonchev–Trinajstić information content (AvgIpc) is 2.58. The van der Waals surface area contributed by atoms with Gasteiger partial charge in [0.05, 0.1) is 11.1 Å². The maximum atomic E-state index is 12.5. The highest BCUT2D eigenvalue weighted by Crippen LogP contribution is 2.31. The van der Waals surface area contributed by atoms with Gasteiger partial charge in [0.2, 0.25) is 0 Å². The second kappa shape index (κ2) is 7.45. The zero-order chi connectivity index (χ0) is 17.1. The standard InChI is InChI=1S/C19H19Cl2NO2/c1-12(24-18-11-14(20)9-10-16(18)21)19(23)22-17-8-4-6-13-5-2-3-7-15(13)17/h2-3,5,7,9-12,17H,4,6,8H2,1H3,(H,22,23)/t12-,17+/m1/s1. The summed E-state index contributed by atoms with van der Waals surface area (Å²) in [6.45, 7) is 1.71. The van der Waals surface area contributed by atoms with Crippen LogP contribution in [0.3, 0.4) is 0 Å². The van der Waals surface area contributed by atoms with Crippen LogP contribution in [-0.4, -0.2) is 12.0 Å². The molecule has 24 heavy (non-hydrogen) atoms. The van der Waals surface area contributed by atoms with Gasteiger partial charge in [-0.15, -0.1) is 0 Å². The minimum absolute atomic E-state index is 0.0309. The van der Waals surface area contributed by atoms with Crippen molar-refractivity contribution in [2.24, 2.45) is 0 Å². The molecule has 0 fully saturated rings. The van der Waals surface area contributed by atoms with E-state index in [1.54, 1.807) is 25.1 Å². The first-order chi connectivity index (χ1) is 11.5. The average molecular weight is 364 g/mol. The first-order valence-electron chi connectivity index (χ1n) is 8.04. The van der Waals surface area contributed by atoms with Crippen LogP contribution in [0.25, 0.3) is 0 Å². The van der Waals surface area contributed by atoms with Crippen molar-refractivity contribution >= 4 is 29.1 Å². The van der Waals surface area contributed by atoms with E-state index in [1.807, 2.05) is 12.1 Å². The van der Waals surface area contributed by atoms with Crippen LogP contribution >= 0.6 is 23.2 Å². The van der Waals surface area contributed by atoms with E-state index >= 15 is 0 Å². The SMILES string of the molecule is C[C@@H](Oc1cc(Cl)ccc1Cl)C(=O)N[C@H]1CCCc2ccccc21. The molecule has 1 N–H and O–H groups in total. The van der Waals surface area contributed by atoms with Crippen molar-refractivity contribution in [1.82, 2.24) is 5.32 Å². The minimum atomic E-state index is -0.657. The number of carbonyl (C=O) groups excluding carboxylic acids is 1. The van der Waals surface area contributed by atoms with Gasteiger partial charge in [-0.2, -0.15) is 0 Å². The van der Waals surface area contributed by atoms with Gasteiger partial charge in [-0.1, -0.05) is 47.5 Å². The van der Waals surface area contributed by atoms with Crippen molar-refractivity contribution in [3.63, 3.8) is 0 Å². The summed E-state index contributed by atoms with van der Waals surface area (Å²) in [4.78, 5) is 12.5. The third-order valence-electron chi connectivity index (χ3n) is 4.25. The fourth-order valence-corrected chi connectivity index (χ4v) is 3.33. The van der Waals surface area contributed by atoms with Crippen LogP contribution in [0, 0.1) is 0 Å². The van der Waals surface area contributed by atoms with Crippen LogP contribution in [0.1, 0.15) is 36.9 Å². The topological polar surface area (TPSA) is 38.3 Å². The van der Waals surface area contributed by atoms with E-state index in [9.17, 15) is 4.79 Å². The maximum Gasteiger partial charge on any atom is 0.261 e. The Morgan fingerprint density at radius 2 is 2.04 bits per heavy atom. The minimum Gasteiger partial charge on any atom is -0.479 e. The van der Waals surface area contributed by atoms with Crippen LogP contribution in [0.2, 0.25) is 10.0 Å². The third kappa shape index (κ3) is 3.85. The summed E-state index contributed by atoms with van der Waals surface area (Å²) in [5, 5.41) is 4.04. The number of halogens is 2. The number of hydrogen-bond donors (Lipinski definition) is 1. The van der Waals surface area contributed by atoms with Crippen molar-refractivity contribution in [2.75, 3.05) is 0 Å². The molecule has 1 aliphatic carbocycles. The van der Waals surface area contributed by atoms with Gasteiger partial charge < -0.3 is 10.1 Å². The molecule has 1 amide bonds. The molecule has 0 aliphatic heterocycles. The number of fused-ring (bicyclic) bond motifs is 1. The Morgan fingerprint density at radius 1 is 1.25 bits per heavy atom. The number of aryl methyl sites for hydroxylation is 1. The number of benzene rings is 2. The molecule has 0 saturated carbocycles. The summed E-state index contributed by atoms with van der Waals surface area (Å²) in [5.41, 5.74) is 2.51. The van der Waals surface area contributed by atoms with Crippen LogP contribution in [-0.2, 0) is 11.2 Å². The molecule has 2 aromatic rings. The Hall–Kier alpha value is -1.71. The normalized spacial score (nSPS) is 17.7. The molecule has 3 nitrogen and oxygen atoms in total. The molecule has 126 valence electrons. The van der Waals surface area contributed by atoms with E-state index < -0.39 is 6.10 Å². The lowest BCUT2D eigenvalue weighted by Gasteiger charge is -2.27. The van der Waals surface area contributed by atoms with Crippen LogP contribution in [0.15, 0.2) is 42.5 Å². The van der Waals surface area contributed by atoms with Gasteiger partial charge in [0, 0.05) is 11.1 Å². The van der Waals surface area contributed by atoms with Crippen LogP contribution in [0.5, 0.6) is 5.75 Å². The number of carbonyl (C=O) groups is 1. The van der Waals surface area contributed by atoms with Gasteiger partial charge in [-0.05, 0) is 49.4 Å². The summed E-state index contributed by atoms with van der Waals surface area (Å²) < 4.78 is 5.69. The third-order valence-corrected chi connectivity index (χ3v) is 4.80. The molecule has 2 aromatic carbocycles. The van der Waals surface area contributed by atoms with Gasteiger partial charge in [-0.3, -0.25) is 4.79 Å². The second-order valence-corrected chi connectivity index (χ2v) is 6.83. The monoisotopic (exact) mass is 363 g/mol. The second-order valence-electron chi connectivity index (χ2n) is 5.99. The number of rotatable bonds is 4. The van der Waals surface area contributed by atoms with E-state index in [-0.39, 0.29) is 11.9 Å². The summed E-state index contributed by atoms with van der Waals surface area (Å²) >= 11 is 12.0. The number of nitrogens with one attached hydrogen (secondary N) is 1. The van der Waals surface area contributed by atoms with E-state index in [0.717, 1.165) is 19.3 Å². The largest absolute Gasteiger partial charge is 0.479 e. The number of amides is 1. The molecule has 3 rings (SSSR count). The molecular formula is C19H19Cl2NO2. The van der Waals surface area contributed by atoms with Gasteiger partial charge in [0.25, 0.3) is 5.91 Å². The quantitative estimate of drug-likeness (QED) is 0.833. The van der Waals surface area contributed by atoms with Crippen molar-refractivity contribution in [1.29, 1.82) is 0 Å². The molecule has 2 atom stereocenters. The molecule has 0 spiro atoms. The Labute approximate surface area is 151 Å². The van der Waals surface area contributed by atoms with Gasteiger partial charge in [0.1, 0.15) is 5.75 Å². The van der Waals surface area contributed by atoms with Crippen molar-refractivity contribution in [2.45, 2.75) is 38.3 Å². The zero-order valence-corrected chi connectivity index (χ0v) is 14.9. The summed E-state index contributed by atoms with van der Waals surface area (Å²) in [6, 6.07) is 13.2. The summed E-state index contributed by atoms with van der Waals surface area (Å²) in [7, 11) is 0. The van der Waals surface area contributed by atoms with Gasteiger partial charge >= 0.3 is 0 Å². The number of hydrogen-bond acceptors (Lipinski definition) is 2. The van der Waals surface area contributed by atoms with Crippen molar-refractivity contribution in [3.05, 3.63) is 63.6 Å². The van der Waals surface area contributed by atoms with Gasteiger partial charge in [-0.25, -0.2) is 0 Å². The van der Waals surface area contributed by atoms with E-state index in [2.05, 4.69) is 17.4 Å². The Bertz CT molecular complexity index is 748. The van der Waals surface area contributed by atoms with Crippen LogP contribution < -0.4 is 10.1 Å². The lowest BCUT2D eigenvalue weighted by atomic mass is 9.87. The highest BCUT2D eigenvalue weighted by Gasteiger charge is 2.24. The van der Waals surface area contributed by atoms with Crippen molar-refractivity contribution in [3.8, 4) is 5.75 Å². The smallest absolute Gasteiger partial charge is 0.261 e. The molecule has 0 aromatic heterocycles. The fraction of sp³-hybridized carbons (Fsp3) is 0.316. The Morgan fingerprint density at radius 3 is 2.88 bits per heavy atom. The first kappa shape index (κ1) is 17.1. The van der Waals surface area contributed by atoms with Crippen LogP contribution in [0.4, 0.5) is 0 Å². The van der Waals surface area contributed by atoms with Crippen molar-refractivity contribution < 1.29 is 9.53 Å². The van der Waals surface area contributed by atoms with E-state index in [1.165, 1.54) is 11.1 Å². The zero-order valence-electron chi connectivity index (χ0n) is 13.4. The number of ether oxygens (including phenoxy) is 1. The molecule has 5 heteroatoms.